The van der Waals surface area contributed by atoms with Gasteiger partial charge in [-0.15, -0.1) is 0 Å². The van der Waals surface area contributed by atoms with Crippen LogP contribution in [0, 0.1) is 20.2 Å². The molecule has 3 aliphatic carbocycles. The lowest BCUT2D eigenvalue weighted by atomic mass is 9.82. The van der Waals surface area contributed by atoms with Crippen molar-refractivity contribution in [3.63, 3.8) is 0 Å². The zero-order valence-electron chi connectivity index (χ0n) is 20.9. The third kappa shape index (κ3) is 5.51. The lowest BCUT2D eigenvalue weighted by Crippen LogP contribution is -2.36. The number of alkyl halides is 3. The summed E-state index contributed by atoms with van der Waals surface area (Å²) >= 11 is 0. The number of nitrogens with zero attached hydrogens (tertiary/aromatic N) is 2. The summed E-state index contributed by atoms with van der Waals surface area (Å²) in [4.78, 5) is 21.3. The fourth-order valence-electron chi connectivity index (χ4n) is 5.16. The van der Waals surface area contributed by atoms with Gasteiger partial charge in [0.25, 0.3) is 5.69 Å². The van der Waals surface area contributed by atoms with E-state index in [2.05, 4.69) is 4.18 Å². The van der Waals surface area contributed by atoms with E-state index in [1.165, 1.54) is 6.07 Å². The molecule has 0 bridgehead atoms. The Balaban J connectivity index is 0.000000185. The molecule has 1 unspecified atom stereocenters. The second kappa shape index (κ2) is 10.5. The maximum absolute atomic E-state index is 12.2. The summed E-state index contributed by atoms with van der Waals surface area (Å²) in [6, 6.07) is 6.01. The van der Waals surface area contributed by atoms with E-state index in [-0.39, 0.29) is 16.2 Å². The predicted octanol–water partition coefficient (Wildman–Crippen LogP) is 4.35. The van der Waals surface area contributed by atoms with Crippen molar-refractivity contribution in [3.8, 4) is 5.75 Å². The van der Waals surface area contributed by atoms with Crippen LogP contribution in [0.5, 0.6) is 5.75 Å². The molecule has 214 valence electrons. The van der Waals surface area contributed by atoms with Gasteiger partial charge < -0.3 is 15.7 Å². The first kappa shape index (κ1) is 29.0. The molecule has 0 saturated heterocycles. The Bertz CT molecular complexity index is 1550. The number of rotatable bonds is 5. The van der Waals surface area contributed by atoms with Gasteiger partial charge in [0, 0.05) is 16.8 Å². The molecule has 11 nitrogen and oxygen atoms in total. The van der Waals surface area contributed by atoms with Crippen LogP contribution in [0.3, 0.4) is 0 Å². The lowest BCUT2D eigenvalue weighted by Gasteiger charge is -2.28. The van der Waals surface area contributed by atoms with E-state index in [0.29, 0.717) is 42.5 Å². The number of nitro benzene ring substituents is 2. The largest absolute Gasteiger partial charge is 0.534 e. The number of benzene rings is 2. The highest BCUT2D eigenvalue weighted by atomic mass is 32.2. The van der Waals surface area contributed by atoms with E-state index in [9.17, 15) is 41.8 Å². The molecule has 0 heterocycles. The van der Waals surface area contributed by atoms with Crippen LogP contribution in [-0.4, -0.2) is 23.8 Å². The van der Waals surface area contributed by atoms with Gasteiger partial charge in [-0.25, -0.2) is 0 Å². The van der Waals surface area contributed by atoms with Crippen LogP contribution >= 0.6 is 0 Å². The van der Waals surface area contributed by atoms with Crippen LogP contribution in [0.2, 0.25) is 0 Å². The van der Waals surface area contributed by atoms with Crippen LogP contribution < -0.4 is 15.7 Å². The summed E-state index contributed by atoms with van der Waals surface area (Å²) in [5, 5.41) is 22.5. The second-order valence-electron chi connectivity index (χ2n) is 9.64. The van der Waals surface area contributed by atoms with Crippen molar-refractivity contribution in [2.75, 3.05) is 0 Å². The summed E-state index contributed by atoms with van der Waals surface area (Å²) in [5.41, 5.74) is 9.10. The second-order valence-corrected chi connectivity index (χ2v) is 11.2. The zero-order valence-corrected chi connectivity index (χ0v) is 21.8. The van der Waals surface area contributed by atoms with E-state index >= 15 is 0 Å². The van der Waals surface area contributed by atoms with Gasteiger partial charge in [0.1, 0.15) is 0 Å². The van der Waals surface area contributed by atoms with E-state index < -0.39 is 37.5 Å². The first-order chi connectivity index (χ1) is 18.6. The molecule has 2 aromatic rings. The molecule has 15 heteroatoms. The summed E-state index contributed by atoms with van der Waals surface area (Å²) < 4.78 is 62.5. The summed E-state index contributed by atoms with van der Waals surface area (Å²) in [6.07, 6.45) is 9.91. The Hall–Kier alpha value is -3.98. The normalized spacial score (nSPS) is 19.6. The number of nitrogens with two attached hydrogens (primary N) is 2. The van der Waals surface area contributed by atoms with E-state index in [4.69, 9.17) is 11.5 Å². The summed E-state index contributed by atoms with van der Waals surface area (Å²) in [5.74, 6) is -0.909. The molecule has 0 saturated carbocycles. The molecule has 1 atom stereocenters. The summed E-state index contributed by atoms with van der Waals surface area (Å²) in [7, 11) is -5.93. The quantitative estimate of drug-likeness (QED) is 0.224. The molecule has 4 N–H and O–H groups in total. The predicted molar refractivity (Wildman–Crippen MR) is 138 cm³/mol. The molecule has 0 aliphatic heterocycles. The lowest BCUT2D eigenvalue weighted by molar-refractivity contribution is -0.386. The minimum Gasteiger partial charge on any atom is -0.399 e. The molecular formula is C25H25F3N4O7S. The van der Waals surface area contributed by atoms with Crippen LogP contribution in [0.15, 0.2) is 48.2 Å². The molecule has 0 aromatic heterocycles. The molecule has 2 aromatic carbocycles. The molecule has 0 radical (unpaired) electrons. The average Bonchev–Trinajstić information content (AvgIpc) is 3.53. The first-order valence-electron chi connectivity index (χ1n) is 12.2. The molecule has 0 amide bonds. The number of nitro groups is 2. The van der Waals surface area contributed by atoms with E-state index in [0.717, 1.165) is 36.5 Å². The van der Waals surface area contributed by atoms with Crippen LogP contribution in [0.25, 0.3) is 0 Å². The monoisotopic (exact) mass is 582 g/mol. The number of halogens is 3. The van der Waals surface area contributed by atoms with Gasteiger partial charge in [-0.2, -0.15) is 21.6 Å². The Morgan fingerprint density at radius 3 is 1.95 bits per heavy atom. The van der Waals surface area contributed by atoms with Crippen molar-refractivity contribution in [1.82, 2.24) is 0 Å². The smallest absolute Gasteiger partial charge is 0.399 e. The van der Waals surface area contributed by atoms with Crippen molar-refractivity contribution < 1.29 is 35.6 Å². The highest BCUT2D eigenvalue weighted by Gasteiger charge is 2.49. The Labute approximate surface area is 226 Å². The van der Waals surface area contributed by atoms with Crippen LogP contribution in [0.4, 0.5) is 24.5 Å². The number of allylic oxidation sites excluding steroid dienone is 1. The molecule has 0 spiro atoms. The number of hydrogen-bond donors (Lipinski definition) is 2. The van der Waals surface area contributed by atoms with Crippen molar-refractivity contribution in [1.29, 1.82) is 0 Å². The average molecular weight is 583 g/mol. The fraction of sp³-hybridized carbons (Fsp3) is 0.360. The molecule has 5 rings (SSSR count). The van der Waals surface area contributed by atoms with Gasteiger partial charge in [0.2, 0.25) is 5.75 Å². The van der Waals surface area contributed by atoms with Gasteiger partial charge in [0.15, 0.2) is 0 Å². The number of aryl methyl sites for hydroxylation is 2. The highest BCUT2D eigenvalue weighted by molar-refractivity contribution is 7.88. The molecule has 40 heavy (non-hydrogen) atoms. The maximum atomic E-state index is 12.2. The van der Waals surface area contributed by atoms with Gasteiger partial charge in [-0.1, -0.05) is 24.3 Å². The minimum atomic E-state index is -5.93. The zero-order chi connectivity index (χ0) is 29.5. The van der Waals surface area contributed by atoms with Crippen molar-refractivity contribution >= 4 is 21.5 Å². The summed E-state index contributed by atoms with van der Waals surface area (Å²) in [6.45, 7) is 0. The van der Waals surface area contributed by atoms with Crippen LogP contribution in [0.1, 0.15) is 47.1 Å². The molecular weight excluding hydrogens is 557 g/mol. The first-order valence-corrected chi connectivity index (χ1v) is 13.6. The molecule has 0 fully saturated rings. The Morgan fingerprint density at radius 2 is 1.45 bits per heavy atom. The SMILES string of the molecule is NC1=CCC(N)(c2ccc3c(c2[N+](=O)[O-])CCC3)C=C1.O=[N+]([O-])c1c(OS(=O)(=O)C(F)(F)F)ccc2c1CCC2. The van der Waals surface area contributed by atoms with Gasteiger partial charge in [-0.05, 0) is 74.3 Å². The number of hydrogen-bond acceptors (Lipinski definition) is 9. The standard InChI is InChI=1S/C15H17N3O2.C10H8F3NO5S/c16-11-6-8-15(17,9-7-11)13-5-4-10-2-1-3-12(10)14(13)18(19)20;11-10(12,13)20(17,18)19-8-5-4-6-2-1-3-7(6)9(8)14(15)16/h4-8H,1-3,9,16-17H2;4-5H,1-3H2. The van der Waals surface area contributed by atoms with Gasteiger partial charge >= 0.3 is 21.3 Å². The van der Waals surface area contributed by atoms with Gasteiger partial charge in [0.05, 0.1) is 20.9 Å². The minimum absolute atomic E-state index is 0.195. The number of fused-ring (bicyclic) bond motifs is 2. The van der Waals surface area contributed by atoms with Crippen molar-refractivity contribution in [3.05, 3.63) is 96.2 Å². The third-order valence-corrected chi connectivity index (χ3v) is 8.03. The van der Waals surface area contributed by atoms with Crippen molar-refractivity contribution in [2.24, 2.45) is 11.5 Å². The Morgan fingerprint density at radius 1 is 0.900 bits per heavy atom. The third-order valence-electron chi connectivity index (χ3n) is 7.07. The topological polar surface area (TPSA) is 182 Å². The Kier molecular flexibility index (Phi) is 7.64. The van der Waals surface area contributed by atoms with E-state index in [1.54, 1.807) is 12.2 Å². The maximum Gasteiger partial charge on any atom is 0.534 e. The van der Waals surface area contributed by atoms with Crippen LogP contribution in [-0.2, 0) is 41.3 Å². The highest BCUT2D eigenvalue weighted by Crippen LogP contribution is 2.41. The molecule has 3 aliphatic rings. The fourth-order valence-corrected chi connectivity index (χ4v) is 5.62. The van der Waals surface area contributed by atoms with Gasteiger partial charge in [-0.3, -0.25) is 20.2 Å². The van der Waals surface area contributed by atoms with E-state index in [1.807, 2.05) is 18.2 Å². The van der Waals surface area contributed by atoms with Crippen molar-refractivity contribution in [2.45, 2.75) is 56.0 Å².